The normalized spacial score (nSPS) is 21.2. The van der Waals surface area contributed by atoms with Crippen LogP contribution in [0.15, 0.2) is 18.2 Å². The number of benzene rings is 1. The van der Waals surface area contributed by atoms with Gasteiger partial charge in [-0.15, -0.1) is 0 Å². The highest BCUT2D eigenvalue weighted by atomic mass is 16.7. The molecule has 0 N–H and O–H groups in total. The molecule has 5 heteroatoms. The third-order valence-electron chi connectivity index (χ3n) is 3.03. The molecule has 0 aliphatic carbocycles. The standard InChI is InChI=1S/C13H14O5/c14-11(7-16-10-3-4-15-6-10)9-1-2-12-13(5-9)18-8-17-12/h1-2,5,10H,3-4,6-8H2. The van der Waals surface area contributed by atoms with Crippen molar-refractivity contribution in [3.63, 3.8) is 0 Å². The van der Waals surface area contributed by atoms with Crippen molar-refractivity contribution < 1.29 is 23.7 Å². The summed E-state index contributed by atoms with van der Waals surface area (Å²) in [6.07, 6.45) is 0.900. The fraction of sp³-hybridized carbons (Fsp3) is 0.462. The molecule has 2 aliphatic rings. The molecular formula is C13H14O5. The van der Waals surface area contributed by atoms with Gasteiger partial charge in [-0.2, -0.15) is 0 Å². The van der Waals surface area contributed by atoms with E-state index in [4.69, 9.17) is 18.9 Å². The van der Waals surface area contributed by atoms with Gasteiger partial charge in [0.2, 0.25) is 6.79 Å². The summed E-state index contributed by atoms with van der Waals surface area (Å²) < 4.78 is 21.1. The van der Waals surface area contributed by atoms with Crippen LogP contribution in [0.5, 0.6) is 11.5 Å². The summed E-state index contributed by atoms with van der Waals surface area (Å²) in [5, 5.41) is 0. The van der Waals surface area contributed by atoms with E-state index in [2.05, 4.69) is 0 Å². The van der Waals surface area contributed by atoms with Crippen LogP contribution in [0.3, 0.4) is 0 Å². The van der Waals surface area contributed by atoms with Gasteiger partial charge >= 0.3 is 0 Å². The first-order valence-corrected chi connectivity index (χ1v) is 5.95. The largest absolute Gasteiger partial charge is 0.454 e. The summed E-state index contributed by atoms with van der Waals surface area (Å²) in [4.78, 5) is 11.9. The maximum atomic E-state index is 11.9. The van der Waals surface area contributed by atoms with Crippen LogP contribution in [-0.2, 0) is 9.47 Å². The van der Waals surface area contributed by atoms with Gasteiger partial charge in [0.25, 0.3) is 0 Å². The highest BCUT2D eigenvalue weighted by molar-refractivity contribution is 5.97. The van der Waals surface area contributed by atoms with Gasteiger partial charge in [0, 0.05) is 12.2 Å². The van der Waals surface area contributed by atoms with E-state index in [0.29, 0.717) is 30.3 Å². The van der Waals surface area contributed by atoms with Crippen molar-refractivity contribution in [2.24, 2.45) is 0 Å². The van der Waals surface area contributed by atoms with Gasteiger partial charge in [0.05, 0.1) is 12.7 Å². The number of ketones is 1. The summed E-state index contributed by atoms with van der Waals surface area (Å²) in [6.45, 7) is 1.58. The lowest BCUT2D eigenvalue weighted by Crippen LogP contribution is -2.18. The van der Waals surface area contributed by atoms with Gasteiger partial charge < -0.3 is 18.9 Å². The zero-order chi connectivity index (χ0) is 12.4. The average Bonchev–Trinajstić information content (AvgIpc) is 3.05. The Morgan fingerprint density at radius 2 is 2.22 bits per heavy atom. The SMILES string of the molecule is O=C(COC1CCOC1)c1ccc2c(c1)OCO2. The predicted octanol–water partition coefficient (Wildman–Crippen LogP) is 1.40. The lowest BCUT2D eigenvalue weighted by atomic mass is 10.1. The van der Waals surface area contributed by atoms with Crippen LogP contribution in [0.4, 0.5) is 0 Å². The molecule has 1 atom stereocenters. The molecule has 0 aromatic heterocycles. The van der Waals surface area contributed by atoms with E-state index < -0.39 is 0 Å². The van der Waals surface area contributed by atoms with Crippen LogP contribution in [0.1, 0.15) is 16.8 Å². The van der Waals surface area contributed by atoms with E-state index in [9.17, 15) is 4.79 Å². The Labute approximate surface area is 105 Å². The minimum Gasteiger partial charge on any atom is -0.454 e. The first-order valence-electron chi connectivity index (χ1n) is 5.95. The molecule has 18 heavy (non-hydrogen) atoms. The van der Waals surface area contributed by atoms with Crippen LogP contribution in [0.2, 0.25) is 0 Å². The Balaban J connectivity index is 1.61. The maximum Gasteiger partial charge on any atom is 0.231 e. The molecule has 5 nitrogen and oxygen atoms in total. The Morgan fingerprint density at radius 1 is 1.33 bits per heavy atom. The second-order valence-electron chi connectivity index (χ2n) is 4.29. The molecule has 0 bridgehead atoms. The third-order valence-corrected chi connectivity index (χ3v) is 3.03. The van der Waals surface area contributed by atoms with Crippen LogP contribution in [0, 0.1) is 0 Å². The lowest BCUT2D eigenvalue weighted by molar-refractivity contribution is 0.0390. The van der Waals surface area contributed by atoms with E-state index in [1.807, 2.05) is 0 Å². The van der Waals surface area contributed by atoms with E-state index in [0.717, 1.165) is 6.42 Å². The molecule has 2 heterocycles. The fourth-order valence-corrected chi connectivity index (χ4v) is 1.99. The summed E-state index contributed by atoms with van der Waals surface area (Å²) in [7, 11) is 0. The van der Waals surface area contributed by atoms with Crippen molar-refractivity contribution in [2.45, 2.75) is 12.5 Å². The van der Waals surface area contributed by atoms with Crippen molar-refractivity contribution in [1.29, 1.82) is 0 Å². The van der Waals surface area contributed by atoms with Crippen molar-refractivity contribution in [3.8, 4) is 11.5 Å². The highest BCUT2D eigenvalue weighted by Gasteiger charge is 2.19. The Bertz CT molecular complexity index is 451. The minimum atomic E-state index is -0.0554. The van der Waals surface area contributed by atoms with Crippen molar-refractivity contribution in [1.82, 2.24) is 0 Å². The maximum absolute atomic E-state index is 11.9. The number of hydrogen-bond donors (Lipinski definition) is 0. The molecule has 1 aromatic rings. The highest BCUT2D eigenvalue weighted by Crippen LogP contribution is 2.32. The number of fused-ring (bicyclic) bond motifs is 1. The van der Waals surface area contributed by atoms with E-state index in [1.165, 1.54) is 0 Å². The van der Waals surface area contributed by atoms with Crippen molar-refractivity contribution in [2.75, 3.05) is 26.6 Å². The average molecular weight is 250 g/mol. The number of carbonyl (C=O) groups excluding carboxylic acids is 1. The molecule has 1 aromatic carbocycles. The number of ether oxygens (including phenoxy) is 4. The van der Waals surface area contributed by atoms with Crippen LogP contribution >= 0.6 is 0 Å². The fourth-order valence-electron chi connectivity index (χ4n) is 1.99. The van der Waals surface area contributed by atoms with Gasteiger partial charge in [0.1, 0.15) is 6.61 Å². The smallest absolute Gasteiger partial charge is 0.231 e. The van der Waals surface area contributed by atoms with Crippen molar-refractivity contribution in [3.05, 3.63) is 23.8 Å². The summed E-state index contributed by atoms with van der Waals surface area (Å²) >= 11 is 0. The molecule has 0 saturated carbocycles. The van der Waals surface area contributed by atoms with Gasteiger partial charge in [-0.25, -0.2) is 0 Å². The number of rotatable bonds is 4. The Morgan fingerprint density at radius 3 is 3.06 bits per heavy atom. The second-order valence-corrected chi connectivity index (χ2v) is 4.29. The van der Waals surface area contributed by atoms with Gasteiger partial charge in [-0.05, 0) is 24.6 Å². The van der Waals surface area contributed by atoms with E-state index >= 15 is 0 Å². The van der Waals surface area contributed by atoms with Gasteiger partial charge in [-0.3, -0.25) is 4.79 Å². The van der Waals surface area contributed by atoms with Gasteiger partial charge in [0.15, 0.2) is 17.3 Å². The molecule has 1 fully saturated rings. The molecular weight excluding hydrogens is 236 g/mol. The predicted molar refractivity (Wildman–Crippen MR) is 62.1 cm³/mol. The van der Waals surface area contributed by atoms with Crippen LogP contribution in [0.25, 0.3) is 0 Å². The topological polar surface area (TPSA) is 54.0 Å². The van der Waals surface area contributed by atoms with Gasteiger partial charge in [-0.1, -0.05) is 0 Å². The summed E-state index contributed by atoms with van der Waals surface area (Å²) in [5.41, 5.74) is 0.582. The molecule has 3 rings (SSSR count). The molecule has 0 radical (unpaired) electrons. The Kier molecular flexibility index (Phi) is 3.17. The number of carbonyl (C=O) groups is 1. The number of Topliss-reactive ketones (excluding diaryl/α,β-unsaturated/α-hetero) is 1. The quantitative estimate of drug-likeness (QED) is 0.756. The zero-order valence-corrected chi connectivity index (χ0v) is 9.89. The monoisotopic (exact) mass is 250 g/mol. The second kappa shape index (κ2) is 4.96. The van der Waals surface area contributed by atoms with Crippen molar-refractivity contribution >= 4 is 5.78 Å². The minimum absolute atomic E-state index is 0.0444. The zero-order valence-electron chi connectivity index (χ0n) is 9.89. The third kappa shape index (κ3) is 2.32. The molecule has 1 saturated heterocycles. The summed E-state index contributed by atoms with van der Waals surface area (Å²) in [5.74, 6) is 1.24. The number of hydrogen-bond acceptors (Lipinski definition) is 5. The molecule has 0 spiro atoms. The Hall–Kier alpha value is -1.59. The first kappa shape index (κ1) is 11.5. The van der Waals surface area contributed by atoms with E-state index in [1.54, 1.807) is 18.2 Å². The van der Waals surface area contributed by atoms with Crippen LogP contribution < -0.4 is 9.47 Å². The molecule has 2 aliphatic heterocycles. The van der Waals surface area contributed by atoms with Crippen LogP contribution in [-0.4, -0.2) is 38.5 Å². The molecule has 0 amide bonds. The first-order chi connectivity index (χ1) is 8.83. The molecule has 96 valence electrons. The summed E-state index contributed by atoms with van der Waals surface area (Å²) in [6, 6.07) is 5.16. The molecule has 1 unspecified atom stereocenters. The lowest BCUT2D eigenvalue weighted by Gasteiger charge is -2.09. The van der Waals surface area contributed by atoms with E-state index in [-0.39, 0.29) is 25.3 Å².